The summed E-state index contributed by atoms with van der Waals surface area (Å²) >= 11 is 23.0. The van der Waals surface area contributed by atoms with Crippen LogP contribution in [0.25, 0.3) is 0 Å². The summed E-state index contributed by atoms with van der Waals surface area (Å²) in [5, 5.41) is 0. The lowest BCUT2D eigenvalue weighted by molar-refractivity contribution is -0.0253. The second-order valence-corrected chi connectivity index (χ2v) is 29.2. The van der Waals surface area contributed by atoms with Crippen LogP contribution in [-0.4, -0.2) is 0 Å². The van der Waals surface area contributed by atoms with Crippen LogP contribution < -0.4 is 0 Å². The van der Waals surface area contributed by atoms with Crippen LogP contribution in [-0.2, 0) is 30.4 Å². The Kier molecular flexibility index (Phi) is 32.9. The minimum absolute atomic E-state index is 0.737. The highest BCUT2D eigenvalue weighted by Gasteiger charge is 2.49. The molecule has 0 spiro atoms. The molecule has 0 saturated carbocycles. The minimum atomic E-state index is -2.29. The molecule has 0 fully saturated rings. The highest BCUT2D eigenvalue weighted by molar-refractivity contribution is 9.11. The summed E-state index contributed by atoms with van der Waals surface area (Å²) in [4.78, 5) is 0. The number of hydrogen-bond donors (Lipinski definition) is 0. The van der Waals surface area contributed by atoms with Gasteiger partial charge in [0.25, 0.3) is 0 Å². The zero-order valence-electron chi connectivity index (χ0n) is 49.5. The van der Waals surface area contributed by atoms with Crippen LogP contribution >= 0.6 is 104 Å². The van der Waals surface area contributed by atoms with Gasteiger partial charge in [-0.2, -0.15) is 0 Å². The number of benzene rings is 6. The Balaban J connectivity index is 1.58. The summed E-state index contributed by atoms with van der Waals surface area (Å²) < 4.78 is 31.3. The SMILES string of the molecule is CCCCCCCCCCCC(OP(OC(CCCCCCCCCCC)(c1ccc(Br)cc1)c1ccc(Br)cc1)OC(CCCCCCCCCCC)(c1ccc(Br)cc1)c1ccc(Br)cc1)(c1ccc(Br)cc1)c1ccc(Br)cc1. The second kappa shape index (κ2) is 38.7. The van der Waals surface area contributed by atoms with Gasteiger partial charge in [-0.15, -0.1) is 0 Å². The van der Waals surface area contributed by atoms with E-state index in [1.54, 1.807) is 0 Å². The van der Waals surface area contributed by atoms with Crippen LogP contribution in [0.5, 0.6) is 0 Å². The molecular formula is C72H93Br6O3P. The first kappa shape index (κ1) is 69.6. The Labute approximate surface area is 548 Å². The number of halogens is 6. The minimum Gasteiger partial charge on any atom is -0.296 e. The molecule has 0 radical (unpaired) electrons. The largest absolute Gasteiger partial charge is 0.336 e. The van der Waals surface area contributed by atoms with E-state index >= 15 is 0 Å². The van der Waals surface area contributed by atoms with Gasteiger partial charge in [0.05, 0.1) is 0 Å². The van der Waals surface area contributed by atoms with Gasteiger partial charge in [0, 0.05) is 26.8 Å². The Hall–Kier alpha value is -1.49. The van der Waals surface area contributed by atoms with Gasteiger partial charge in [0.15, 0.2) is 0 Å². The van der Waals surface area contributed by atoms with Gasteiger partial charge in [0.1, 0.15) is 16.8 Å². The van der Waals surface area contributed by atoms with Crippen molar-refractivity contribution in [3.05, 3.63) is 206 Å². The first-order valence-electron chi connectivity index (χ1n) is 31.4. The third kappa shape index (κ3) is 22.3. The maximum atomic E-state index is 8.39. The van der Waals surface area contributed by atoms with Crippen LogP contribution in [0, 0.1) is 0 Å². The molecule has 0 aliphatic rings. The van der Waals surface area contributed by atoms with Crippen molar-refractivity contribution in [3.8, 4) is 0 Å². The maximum Gasteiger partial charge on any atom is 0.336 e. The Morgan fingerprint density at radius 2 is 0.378 bits per heavy atom. The number of unbranched alkanes of at least 4 members (excludes halogenated alkanes) is 24. The van der Waals surface area contributed by atoms with Gasteiger partial charge >= 0.3 is 8.60 Å². The van der Waals surface area contributed by atoms with Gasteiger partial charge in [-0.1, -0.05) is 343 Å². The van der Waals surface area contributed by atoms with Crippen molar-refractivity contribution in [3.63, 3.8) is 0 Å². The third-order valence-corrected chi connectivity index (χ3v) is 21.0. The average molecular weight is 1520 g/mol. The monoisotopic (exact) mass is 1510 g/mol. The summed E-state index contributed by atoms with van der Waals surface area (Å²) in [5.41, 5.74) is 3.53. The summed E-state index contributed by atoms with van der Waals surface area (Å²) in [6.07, 6.45) is 35.3. The van der Waals surface area contributed by atoms with Gasteiger partial charge in [-0.3, -0.25) is 13.6 Å². The smallest absolute Gasteiger partial charge is 0.296 e. The van der Waals surface area contributed by atoms with E-state index in [0.717, 1.165) is 118 Å². The van der Waals surface area contributed by atoms with Crippen molar-refractivity contribution in [2.75, 3.05) is 0 Å². The van der Waals surface area contributed by atoms with Gasteiger partial charge < -0.3 is 0 Å². The summed E-state index contributed by atoms with van der Waals surface area (Å²) in [5.74, 6) is 0. The van der Waals surface area contributed by atoms with Gasteiger partial charge in [0.2, 0.25) is 0 Å². The van der Waals surface area contributed by atoms with E-state index in [-0.39, 0.29) is 0 Å². The molecule has 0 aromatic heterocycles. The van der Waals surface area contributed by atoms with E-state index in [4.69, 9.17) is 13.6 Å². The molecule has 0 unspecified atom stereocenters. The lowest BCUT2D eigenvalue weighted by atomic mass is 9.82. The molecule has 6 rings (SSSR count). The van der Waals surface area contributed by atoms with Crippen molar-refractivity contribution in [2.45, 2.75) is 230 Å². The normalized spacial score (nSPS) is 12.2. The lowest BCUT2D eigenvalue weighted by Crippen LogP contribution is -2.37. The zero-order chi connectivity index (χ0) is 58.3. The highest BCUT2D eigenvalue weighted by Crippen LogP contribution is 2.62. The number of hydrogen-bond acceptors (Lipinski definition) is 3. The zero-order valence-corrected chi connectivity index (χ0v) is 59.9. The Morgan fingerprint density at radius 1 is 0.232 bits per heavy atom. The van der Waals surface area contributed by atoms with Gasteiger partial charge in [-0.25, -0.2) is 0 Å². The van der Waals surface area contributed by atoms with Crippen LogP contribution in [0.1, 0.15) is 247 Å². The molecule has 0 bridgehead atoms. The summed E-state index contributed by atoms with van der Waals surface area (Å²) in [7, 11) is -2.29. The highest BCUT2D eigenvalue weighted by atomic mass is 79.9. The third-order valence-electron chi connectivity index (χ3n) is 16.5. The fourth-order valence-electron chi connectivity index (χ4n) is 11.6. The second-order valence-electron chi connectivity index (χ2n) is 22.8. The predicted octanol–water partition coefficient (Wildman–Crippen LogP) is 27.4. The van der Waals surface area contributed by atoms with Crippen molar-refractivity contribution in [2.24, 2.45) is 0 Å². The maximum absolute atomic E-state index is 8.39. The van der Waals surface area contributed by atoms with E-state index in [1.165, 1.54) is 135 Å². The van der Waals surface area contributed by atoms with Crippen molar-refractivity contribution >= 4 is 104 Å². The molecule has 6 aromatic rings. The lowest BCUT2D eigenvalue weighted by Gasteiger charge is -2.45. The molecule has 0 atom stereocenters. The van der Waals surface area contributed by atoms with Crippen LogP contribution in [0.2, 0.25) is 0 Å². The van der Waals surface area contributed by atoms with E-state index in [1.807, 2.05) is 0 Å². The molecule has 0 aliphatic carbocycles. The first-order valence-corrected chi connectivity index (χ1v) is 37.3. The molecule has 0 amide bonds. The molecule has 6 aromatic carbocycles. The van der Waals surface area contributed by atoms with Crippen molar-refractivity contribution < 1.29 is 13.6 Å². The topological polar surface area (TPSA) is 27.7 Å². The van der Waals surface area contributed by atoms with Crippen molar-refractivity contribution in [1.29, 1.82) is 0 Å². The van der Waals surface area contributed by atoms with Crippen LogP contribution in [0.15, 0.2) is 172 Å². The summed E-state index contributed by atoms with van der Waals surface area (Å²) in [6.45, 7) is 6.89. The van der Waals surface area contributed by atoms with Crippen LogP contribution in [0.4, 0.5) is 0 Å². The molecule has 3 nitrogen and oxygen atoms in total. The quantitative estimate of drug-likeness (QED) is 0.0282. The van der Waals surface area contributed by atoms with Crippen molar-refractivity contribution in [1.82, 2.24) is 0 Å². The molecule has 10 heteroatoms. The fraction of sp³-hybridized carbons (Fsp3) is 0.500. The first-order chi connectivity index (χ1) is 40.0. The van der Waals surface area contributed by atoms with Crippen LogP contribution in [0.3, 0.4) is 0 Å². The standard InChI is InChI=1S/C72H93Br6O3P/c1-4-7-10-13-16-19-22-25-28-55-70(58-31-43-64(73)44-32-58,59-33-45-65(74)46-34-59)79-82(80-71(60-35-47-66(75)48-36-60,61-37-49-67(76)50-38-61)56-29-26-23-20-17-14-11-8-5-2)81-72(62-39-51-68(77)52-40-62,63-41-53-69(78)54-42-63)57-30-27-24-21-18-15-12-9-6-3/h31-54H,4-30,55-57H2,1-3H3. The molecule has 0 aliphatic heterocycles. The molecule has 446 valence electrons. The molecule has 0 saturated heterocycles. The molecule has 0 heterocycles. The van der Waals surface area contributed by atoms with E-state index in [0.29, 0.717) is 0 Å². The van der Waals surface area contributed by atoms with E-state index in [9.17, 15) is 0 Å². The van der Waals surface area contributed by atoms with E-state index in [2.05, 4.69) is 262 Å². The predicted molar refractivity (Wildman–Crippen MR) is 373 cm³/mol. The molecule has 82 heavy (non-hydrogen) atoms. The Morgan fingerprint density at radius 3 is 0.537 bits per heavy atom. The molecule has 0 N–H and O–H groups in total. The van der Waals surface area contributed by atoms with Gasteiger partial charge in [-0.05, 0) is 145 Å². The van der Waals surface area contributed by atoms with E-state index < -0.39 is 25.4 Å². The number of rotatable bonds is 42. The molecular weight excluding hydrogens is 1420 g/mol. The fourth-order valence-corrected chi connectivity index (χ4v) is 15.0. The summed E-state index contributed by atoms with van der Waals surface area (Å²) in [6, 6.07) is 53.1. The average Bonchev–Trinajstić information content (AvgIpc) is 3.68. The Bertz CT molecular complexity index is 2200.